The van der Waals surface area contributed by atoms with Crippen LogP contribution in [0, 0.1) is 0 Å². The highest BCUT2D eigenvalue weighted by molar-refractivity contribution is 7.88. The maximum Gasteiger partial charge on any atom is 0.534 e. The fourth-order valence-corrected chi connectivity index (χ4v) is 2.77. The van der Waals surface area contributed by atoms with Crippen molar-refractivity contribution in [3.05, 3.63) is 48.3 Å². The number of nitrogens with zero attached hydrogens (tertiary/aromatic N) is 1. The van der Waals surface area contributed by atoms with Crippen LogP contribution in [-0.4, -0.2) is 38.7 Å². The minimum Gasteiger partial charge on any atom is -0.493 e. The van der Waals surface area contributed by atoms with Gasteiger partial charge >= 0.3 is 21.6 Å². The Morgan fingerprint density at radius 1 is 1.15 bits per heavy atom. The summed E-state index contributed by atoms with van der Waals surface area (Å²) in [5.41, 5.74) is -5.08. The SMILES string of the molecule is COC(=O)C(Cc1ccc(OS(=O)(=O)C(F)(F)F)c(OC)c1)n1cccc1. The van der Waals surface area contributed by atoms with Crippen molar-refractivity contribution in [3.8, 4) is 11.5 Å². The van der Waals surface area contributed by atoms with Crippen LogP contribution in [0.2, 0.25) is 0 Å². The van der Waals surface area contributed by atoms with Crippen molar-refractivity contribution in [1.29, 1.82) is 0 Å². The molecule has 0 bridgehead atoms. The monoisotopic (exact) mass is 407 g/mol. The Morgan fingerprint density at radius 2 is 1.78 bits per heavy atom. The molecule has 1 atom stereocenters. The molecular weight excluding hydrogens is 391 g/mol. The molecule has 11 heteroatoms. The molecule has 7 nitrogen and oxygen atoms in total. The van der Waals surface area contributed by atoms with Crippen molar-refractivity contribution in [2.24, 2.45) is 0 Å². The van der Waals surface area contributed by atoms with E-state index in [1.54, 1.807) is 29.1 Å². The first kappa shape index (κ1) is 20.6. The number of hydrogen-bond donors (Lipinski definition) is 0. The van der Waals surface area contributed by atoms with Crippen molar-refractivity contribution >= 4 is 16.1 Å². The molecule has 1 unspecified atom stereocenters. The van der Waals surface area contributed by atoms with Gasteiger partial charge in [-0.1, -0.05) is 6.07 Å². The van der Waals surface area contributed by atoms with Crippen molar-refractivity contribution in [2.45, 2.75) is 18.0 Å². The molecular formula is C16H16F3NO6S. The van der Waals surface area contributed by atoms with Crippen LogP contribution >= 0.6 is 0 Å². The third kappa shape index (κ3) is 4.73. The van der Waals surface area contributed by atoms with E-state index in [0.29, 0.717) is 5.56 Å². The summed E-state index contributed by atoms with van der Waals surface area (Å²) < 4.78 is 75.2. The second-order valence-corrected chi connectivity index (χ2v) is 6.88. The summed E-state index contributed by atoms with van der Waals surface area (Å²) in [6.45, 7) is 0. The number of benzene rings is 1. The predicted octanol–water partition coefficient (Wildman–Crippen LogP) is 2.68. The fraction of sp³-hybridized carbons (Fsp3) is 0.312. The van der Waals surface area contributed by atoms with E-state index in [-0.39, 0.29) is 12.2 Å². The molecule has 2 aromatic rings. The summed E-state index contributed by atoms with van der Waals surface area (Å²) in [5, 5.41) is 0. The average molecular weight is 407 g/mol. The van der Waals surface area contributed by atoms with Crippen LogP contribution in [-0.2, 0) is 26.1 Å². The lowest BCUT2D eigenvalue weighted by atomic mass is 10.1. The van der Waals surface area contributed by atoms with Gasteiger partial charge in [0.1, 0.15) is 6.04 Å². The highest BCUT2D eigenvalue weighted by atomic mass is 32.2. The number of methoxy groups -OCH3 is 2. The summed E-state index contributed by atoms with van der Waals surface area (Å²) in [4.78, 5) is 12.0. The number of rotatable bonds is 7. The van der Waals surface area contributed by atoms with Crippen LogP contribution in [0.3, 0.4) is 0 Å². The summed E-state index contributed by atoms with van der Waals surface area (Å²) >= 11 is 0. The van der Waals surface area contributed by atoms with Gasteiger partial charge in [-0.15, -0.1) is 0 Å². The summed E-state index contributed by atoms with van der Waals surface area (Å²) in [7, 11) is -3.45. The van der Waals surface area contributed by atoms with Crippen LogP contribution < -0.4 is 8.92 Å². The molecule has 0 fully saturated rings. The zero-order valence-electron chi connectivity index (χ0n) is 14.3. The third-order valence-electron chi connectivity index (χ3n) is 3.60. The molecule has 148 valence electrons. The maximum absolute atomic E-state index is 12.5. The molecule has 0 aliphatic heterocycles. The first-order valence-corrected chi connectivity index (χ1v) is 8.88. The number of carbonyl (C=O) groups is 1. The molecule has 2 rings (SSSR count). The van der Waals surface area contributed by atoms with E-state index in [0.717, 1.165) is 13.2 Å². The van der Waals surface area contributed by atoms with Crippen molar-refractivity contribution in [2.75, 3.05) is 14.2 Å². The summed E-state index contributed by atoms with van der Waals surface area (Å²) in [6, 6.07) is 6.37. The quantitative estimate of drug-likeness (QED) is 0.399. The third-order valence-corrected chi connectivity index (χ3v) is 4.57. The van der Waals surface area contributed by atoms with Crippen LogP contribution in [0.15, 0.2) is 42.7 Å². The van der Waals surface area contributed by atoms with E-state index in [1.807, 2.05) is 0 Å². The van der Waals surface area contributed by atoms with Crippen molar-refractivity contribution in [1.82, 2.24) is 4.57 Å². The molecule has 1 aromatic heterocycles. The molecule has 0 radical (unpaired) electrons. The normalized spacial score (nSPS) is 13.1. The van der Waals surface area contributed by atoms with Crippen molar-refractivity contribution in [3.63, 3.8) is 0 Å². The molecule has 1 aromatic carbocycles. The molecule has 0 saturated carbocycles. The van der Waals surface area contributed by atoms with Gasteiger partial charge in [0.05, 0.1) is 14.2 Å². The fourth-order valence-electron chi connectivity index (χ4n) is 2.30. The van der Waals surface area contributed by atoms with Crippen LogP contribution in [0.1, 0.15) is 11.6 Å². The van der Waals surface area contributed by atoms with Gasteiger partial charge in [0.2, 0.25) is 0 Å². The lowest BCUT2D eigenvalue weighted by molar-refractivity contribution is -0.144. The van der Waals surface area contributed by atoms with Gasteiger partial charge in [-0.3, -0.25) is 0 Å². The predicted molar refractivity (Wildman–Crippen MR) is 87.8 cm³/mol. The second kappa shape index (κ2) is 7.91. The molecule has 0 N–H and O–H groups in total. The van der Waals surface area contributed by atoms with E-state index in [1.165, 1.54) is 19.2 Å². The molecule has 0 amide bonds. The standard InChI is InChI=1S/C16H16F3NO6S/c1-24-14-10-11(5-6-13(14)26-27(22,23)16(17,18)19)9-12(15(21)25-2)20-7-3-4-8-20/h3-8,10,12H,9H2,1-2H3. The van der Waals surface area contributed by atoms with Gasteiger partial charge in [0, 0.05) is 18.8 Å². The Bertz CT molecular complexity index is 893. The number of esters is 1. The Labute approximate surface area is 153 Å². The smallest absolute Gasteiger partial charge is 0.493 e. The first-order chi connectivity index (χ1) is 12.6. The summed E-state index contributed by atoms with van der Waals surface area (Å²) in [6.07, 6.45) is 3.45. The number of alkyl halides is 3. The Kier molecular flexibility index (Phi) is 6.04. The molecule has 0 spiro atoms. The highest BCUT2D eigenvalue weighted by Gasteiger charge is 2.49. The number of carbonyl (C=O) groups excluding carboxylic acids is 1. The maximum atomic E-state index is 12.5. The number of hydrogen-bond acceptors (Lipinski definition) is 6. The van der Waals surface area contributed by atoms with E-state index >= 15 is 0 Å². The number of aromatic nitrogens is 1. The highest BCUT2D eigenvalue weighted by Crippen LogP contribution is 2.34. The van der Waals surface area contributed by atoms with Crippen LogP contribution in [0.4, 0.5) is 13.2 Å². The van der Waals surface area contributed by atoms with Crippen LogP contribution in [0.5, 0.6) is 11.5 Å². The number of halogens is 3. The van der Waals surface area contributed by atoms with Crippen LogP contribution in [0.25, 0.3) is 0 Å². The van der Waals surface area contributed by atoms with Crippen molar-refractivity contribution < 1.29 is 40.0 Å². The lowest BCUT2D eigenvalue weighted by Gasteiger charge is -2.18. The molecule has 0 aliphatic carbocycles. The Morgan fingerprint density at radius 3 is 2.30 bits per heavy atom. The molecule has 1 heterocycles. The Hall–Kier alpha value is -2.69. The minimum absolute atomic E-state index is 0.129. The second-order valence-electron chi connectivity index (χ2n) is 5.34. The minimum atomic E-state index is -5.83. The van der Waals surface area contributed by atoms with E-state index in [9.17, 15) is 26.4 Å². The topological polar surface area (TPSA) is 83.8 Å². The largest absolute Gasteiger partial charge is 0.534 e. The average Bonchev–Trinajstić information content (AvgIpc) is 3.13. The molecule has 0 saturated heterocycles. The first-order valence-electron chi connectivity index (χ1n) is 7.47. The van der Waals surface area contributed by atoms with Gasteiger partial charge in [0.15, 0.2) is 11.5 Å². The van der Waals surface area contributed by atoms with Gasteiger partial charge in [0.25, 0.3) is 0 Å². The number of ether oxygens (including phenoxy) is 2. The molecule has 0 aliphatic rings. The van der Waals surface area contributed by atoms with E-state index < -0.39 is 33.4 Å². The lowest BCUT2D eigenvalue weighted by Crippen LogP contribution is -2.28. The van der Waals surface area contributed by atoms with Gasteiger partial charge < -0.3 is 18.2 Å². The molecule has 27 heavy (non-hydrogen) atoms. The van der Waals surface area contributed by atoms with E-state index in [4.69, 9.17) is 9.47 Å². The zero-order chi connectivity index (χ0) is 20.2. The van der Waals surface area contributed by atoms with E-state index in [2.05, 4.69) is 4.18 Å². The Balaban J connectivity index is 2.31. The van der Waals surface area contributed by atoms with Gasteiger partial charge in [-0.05, 0) is 29.8 Å². The van der Waals surface area contributed by atoms with Gasteiger partial charge in [-0.2, -0.15) is 21.6 Å². The summed E-state index contributed by atoms with van der Waals surface area (Å²) in [5.74, 6) is -1.37. The zero-order valence-corrected chi connectivity index (χ0v) is 15.1. The van der Waals surface area contributed by atoms with Gasteiger partial charge in [-0.25, -0.2) is 4.79 Å².